The number of phenols is 2. The third kappa shape index (κ3) is 3.60. The molecule has 7 nitrogen and oxygen atoms in total. The van der Waals surface area contributed by atoms with E-state index in [2.05, 4.69) is 5.32 Å². The van der Waals surface area contributed by atoms with Gasteiger partial charge in [-0.1, -0.05) is 12.1 Å². The third-order valence-corrected chi connectivity index (χ3v) is 3.86. The third-order valence-electron chi connectivity index (χ3n) is 3.86. The Morgan fingerprint density at radius 2 is 2.09 bits per heavy atom. The van der Waals surface area contributed by atoms with Gasteiger partial charge in [0.25, 0.3) is 0 Å². The molecule has 0 bridgehead atoms. The van der Waals surface area contributed by atoms with Crippen LogP contribution in [0.3, 0.4) is 0 Å². The number of amides is 3. The molecule has 3 amide bonds. The van der Waals surface area contributed by atoms with Crippen LogP contribution >= 0.6 is 0 Å². The van der Waals surface area contributed by atoms with Crippen molar-refractivity contribution in [2.24, 2.45) is 5.73 Å². The summed E-state index contributed by atoms with van der Waals surface area (Å²) >= 11 is 0. The number of nitrogens with zero attached hydrogens (tertiary/aromatic N) is 1. The molecule has 1 atom stereocenters. The second kappa shape index (κ2) is 7.02. The molecule has 0 spiro atoms. The molecule has 0 aromatic heterocycles. The van der Waals surface area contributed by atoms with Crippen LogP contribution in [0.4, 0.5) is 4.79 Å². The van der Waals surface area contributed by atoms with E-state index in [1.54, 1.807) is 12.1 Å². The van der Waals surface area contributed by atoms with Crippen LogP contribution in [0.1, 0.15) is 24.8 Å². The van der Waals surface area contributed by atoms with Crippen LogP contribution in [-0.4, -0.2) is 46.2 Å². The number of piperidine rings is 1. The van der Waals surface area contributed by atoms with Gasteiger partial charge in [0.15, 0.2) is 11.5 Å². The highest BCUT2D eigenvalue weighted by Crippen LogP contribution is 2.28. The molecule has 22 heavy (non-hydrogen) atoms. The summed E-state index contributed by atoms with van der Waals surface area (Å²) in [6.07, 6.45) is 2.70. The van der Waals surface area contributed by atoms with Gasteiger partial charge in [0.05, 0.1) is 0 Å². The standard InChI is InChI=1S/C15H21N3O4/c16-14(21)11-5-1-2-9-18(11)15(22)17-8-7-10-4-3-6-12(19)13(10)20/h3-4,6,11,19-20H,1-2,5,7-9H2,(H2,16,21)(H,17,22). The maximum absolute atomic E-state index is 12.2. The van der Waals surface area contributed by atoms with E-state index in [0.717, 1.165) is 12.8 Å². The summed E-state index contributed by atoms with van der Waals surface area (Å²) in [5, 5.41) is 21.8. The number of rotatable bonds is 4. The Balaban J connectivity index is 1.89. The lowest BCUT2D eigenvalue weighted by Crippen LogP contribution is -2.54. The summed E-state index contributed by atoms with van der Waals surface area (Å²) in [6.45, 7) is 0.800. The van der Waals surface area contributed by atoms with Crippen LogP contribution < -0.4 is 11.1 Å². The highest BCUT2D eigenvalue weighted by atomic mass is 16.3. The van der Waals surface area contributed by atoms with E-state index < -0.39 is 11.9 Å². The topological polar surface area (TPSA) is 116 Å². The number of phenolic OH excluding ortho intramolecular Hbond substituents is 2. The minimum atomic E-state index is -0.553. The average molecular weight is 307 g/mol. The number of urea groups is 1. The van der Waals surface area contributed by atoms with Crippen LogP contribution in [0, 0.1) is 0 Å². The van der Waals surface area contributed by atoms with Gasteiger partial charge in [-0.05, 0) is 37.3 Å². The highest BCUT2D eigenvalue weighted by Gasteiger charge is 2.30. The quantitative estimate of drug-likeness (QED) is 0.612. The molecule has 1 aliphatic heterocycles. The van der Waals surface area contributed by atoms with Gasteiger partial charge in [-0.2, -0.15) is 0 Å². The number of nitrogens with two attached hydrogens (primary N) is 1. The molecular weight excluding hydrogens is 286 g/mol. The smallest absolute Gasteiger partial charge is 0.318 e. The lowest BCUT2D eigenvalue weighted by Gasteiger charge is -2.33. The molecule has 0 saturated carbocycles. The number of hydrogen-bond acceptors (Lipinski definition) is 4. The lowest BCUT2D eigenvalue weighted by molar-refractivity contribution is -0.123. The summed E-state index contributed by atoms with van der Waals surface area (Å²) in [6, 6.07) is 3.81. The van der Waals surface area contributed by atoms with Crippen LogP contribution in [-0.2, 0) is 11.2 Å². The molecule has 1 aliphatic rings. The van der Waals surface area contributed by atoms with Crippen LogP contribution in [0.25, 0.3) is 0 Å². The van der Waals surface area contributed by atoms with E-state index >= 15 is 0 Å². The van der Waals surface area contributed by atoms with Crippen molar-refractivity contribution in [3.63, 3.8) is 0 Å². The van der Waals surface area contributed by atoms with Gasteiger partial charge in [-0.25, -0.2) is 4.79 Å². The molecule has 0 aliphatic carbocycles. The van der Waals surface area contributed by atoms with Crippen molar-refractivity contribution in [1.29, 1.82) is 0 Å². The number of para-hydroxylation sites is 1. The molecule has 7 heteroatoms. The second-order valence-corrected chi connectivity index (χ2v) is 5.37. The fourth-order valence-electron chi connectivity index (χ4n) is 2.66. The fourth-order valence-corrected chi connectivity index (χ4v) is 2.66. The van der Waals surface area contributed by atoms with E-state index in [-0.39, 0.29) is 24.1 Å². The van der Waals surface area contributed by atoms with Crippen LogP contribution in [0.5, 0.6) is 11.5 Å². The van der Waals surface area contributed by atoms with Gasteiger partial charge >= 0.3 is 6.03 Å². The first-order chi connectivity index (χ1) is 10.5. The normalized spacial score (nSPS) is 18.0. The predicted molar refractivity (Wildman–Crippen MR) is 80.4 cm³/mol. The number of primary amides is 1. The Kier molecular flexibility index (Phi) is 5.08. The summed E-state index contributed by atoms with van der Waals surface area (Å²) in [5.41, 5.74) is 5.88. The molecule has 5 N–H and O–H groups in total. The average Bonchev–Trinajstić information content (AvgIpc) is 2.51. The number of carbonyl (C=O) groups excluding carboxylic acids is 2. The highest BCUT2D eigenvalue weighted by molar-refractivity contribution is 5.86. The maximum Gasteiger partial charge on any atom is 0.318 e. The Morgan fingerprint density at radius 1 is 1.32 bits per heavy atom. The summed E-state index contributed by atoms with van der Waals surface area (Å²) in [4.78, 5) is 25.0. The van der Waals surface area contributed by atoms with Crippen LogP contribution in [0.2, 0.25) is 0 Å². The van der Waals surface area contributed by atoms with E-state index in [0.29, 0.717) is 24.9 Å². The summed E-state index contributed by atoms with van der Waals surface area (Å²) in [7, 11) is 0. The zero-order valence-corrected chi connectivity index (χ0v) is 12.3. The molecule has 1 fully saturated rings. The largest absolute Gasteiger partial charge is 0.504 e. The molecule has 1 heterocycles. The van der Waals surface area contributed by atoms with Gasteiger partial charge < -0.3 is 26.2 Å². The van der Waals surface area contributed by atoms with Crippen molar-refractivity contribution in [3.05, 3.63) is 23.8 Å². The maximum atomic E-state index is 12.2. The molecule has 1 unspecified atom stereocenters. The number of nitrogens with one attached hydrogen (secondary N) is 1. The van der Waals surface area contributed by atoms with E-state index in [1.165, 1.54) is 11.0 Å². The Bertz CT molecular complexity index is 562. The molecule has 1 aromatic carbocycles. The van der Waals surface area contributed by atoms with E-state index in [4.69, 9.17) is 5.73 Å². The van der Waals surface area contributed by atoms with Crippen molar-refractivity contribution >= 4 is 11.9 Å². The van der Waals surface area contributed by atoms with Crippen molar-refractivity contribution < 1.29 is 19.8 Å². The number of hydrogen-bond donors (Lipinski definition) is 4. The van der Waals surface area contributed by atoms with Gasteiger partial charge in [0, 0.05) is 13.1 Å². The Labute approximate surface area is 128 Å². The molecule has 2 rings (SSSR count). The molecule has 120 valence electrons. The van der Waals surface area contributed by atoms with Gasteiger partial charge in [0.2, 0.25) is 5.91 Å². The molecular formula is C15H21N3O4. The van der Waals surface area contributed by atoms with Crippen molar-refractivity contribution in [2.45, 2.75) is 31.7 Å². The SMILES string of the molecule is NC(=O)C1CCCCN1C(=O)NCCc1cccc(O)c1O. The van der Waals surface area contributed by atoms with Crippen molar-refractivity contribution in [1.82, 2.24) is 10.2 Å². The predicted octanol–water partition coefficient (Wildman–Crippen LogP) is 0.690. The zero-order valence-electron chi connectivity index (χ0n) is 12.3. The molecule has 1 aromatic rings. The number of aromatic hydroxyl groups is 2. The fraction of sp³-hybridized carbons (Fsp3) is 0.467. The minimum Gasteiger partial charge on any atom is -0.504 e. The second-order valence-electron chi connectivity index (χ2n) is 5.37. The Morgan fingerprint density at radius 3 is 2.82 bits per heavy atom. The number of benzene rings is 1. The van der Waals surface area contributed by atoms with Gasteiger partial charge in [-0.15, -0.1) is 0 Å². The molecule has 0 radical (unpaired) electrons. The van der Waals surface area contributed by atoms with E-state index in [1.807, 2.05) is 0 Å². The Hall–Kier alpha value is -2.44. The van der Waals surface area contributed by atoms with Gasteiger partial charge in [-0.3, -0.25) is 4.79 Å². The van der Waals surface area contributed by atoms with Crippen molar-refractivity contribution in [2.75, 3.05) is 13.1 Å². The monoisotopic (exact) mass is 307 g/mol. The first-order valence-corrected chi connectivity index (χ1v) is 7.34. The van der Waals surface area contributed by atoms with E-state index in [9.17, 15) is 19.8 Å². The number of carbonyl (C=O) groups is 2. The summed E-state index contributed by atoms with van der Waals surface area (Å²) in [5.74, 6) is -0.848. The summed E-state index contributed by atoms with van der Waals surface area (Å²) < 4.78 is 0. The number of likely N-dealkylation sites (tertiary alicyclic amines) is 1. The van der Waals surface area contributed by atoms with Gasteiger partial charge in [0.1, 0.15) is 6.04 Å². The zero-order chi connectivity index (χ0) is 16.1. The minimum absolute atomic E-state index is 0.176. The van der Waals surface area contributed by atoms with Crippen LogP contribution in [0.15, 0.2) is 18.2 Å². The lowest BCUT2D eigenvalue weighted by atomic mass is 10.0. The first-order valence-electron chi connectivity index (χ1n) is 7.34. The first kappa shape index (κ1) is 15.9. The molecule has 1 saturated heterocycles. The van der Waals surface area contributed by atoms with Crippen molar-refractivity contribution in [3.8, 4) is 11.5 Å².